The van der Waals surface area contributed by atoms with Crippen LogP contribution in [0.15, 0.2) is 42.6 Å². The largest absolute Gasteiger partial charge is 0.437 e. The van der Waals surface area contributed by atoms with Gasteiger partial charge in [-0.2, -0.15) is 4.98 Å². The van der Waals surface area contributed by atoms with Gasteiger partial charge in [0, 0.05) is 22.8 Å². The van der Waals surface area contributed by atoms with E-state index >= 15 is 0 Å². The first-order valence-electron chi connectivity index (χ1n) is 5.97. The number of benzene rings is 1. The normalized spacial score (nSPS) is 10.9. The molecule has 0 aliphatic carbocycles. The van der Waals surface area contributed by atoms with Crippen LogP contribution < -0.4 is 10.5 Å². The molecule has 0 atom stereocenters. The molecule has 0 spiro atoms. The lowest BCUT2D eigenvalue weighted by molar-refractivity contribution is 0.459. The number of nitrogens with two attached hydrogens (primary N) is 1. The molecule has 0 radical (unpaired) electrons. The number of hydrogen-bond donors (Lipinski definition) is 1. The smallest absolute Gasteiger partial charge is 0.242 e. The van der Waals surface area contributed by atoms with Crippen molar-refractivity contribution in [3.8, 4) is 11.6 Å². The molecule has 2 heterocycles. The molecule has 2 aromatic heterocycles. The summed E-state index contributed by atoms with van der Waals surface area (Å²) in [6.07, 6.45) is 1.89. The van der Waals surface area contributed by atoms with Gasteiger partial charge in [-0.15, -0.1) is 0 Å². The summed E-state index contributed by atoms with van der Waals surface area (Å²) in [6.45, 7) is 0.314. The topological polar surface area (TPSA) is 52.5 Å². The zero-order valence-electron chi connectivity index (χ0n) is 10.4. The number of halogens is 2. The predicted molar refractivity (Wildman–Crippen MR) is 79.6 cm³/mol. The molecule has 0 amide bonds. The van der Waals surface area contributed by atoms with Crippen molar-refractivity contribution in [2.24, 2.45) is 5.73 Å². The molecule has 0 saturated carbocycles. The summed E-state index contributed by atoms with van der Waals surface area (Å²) in [5, 5.41) is 1.01. The lowest BCUT2D eigenvalue weighted by atomic mass is 10.3. The molecular weight excluding hydrogens is 297 g/mol. The lowest BCUT2D eigenvalue weighted by Gasteiger charge is -2.06. The fraction of sp³-hybridized carbons (Fsp3) is 0.0714. The molecule has 2 N–H and O–H groups in total. The van der Waals surface area contributed by atoms with Crippen LogP contribution in [-0.4, -0.2) is 9.38 Å². The van der Waals surface area contributed by atoms with Crippen molar-refractivity contribution in [2.75, 3.05) is 0 Å². The van der Waals surface area contributed by atoms with Gasteiger partial charge in [-0.1, -0.05) is 29.3 Å². The molecule has 4 nitrogen and oxygen atoms in total. The molecule has 102 valence electrons. The summed E-state index contributed by atoms with van der Waals surface area (Å²) in [4.78, 5) is 4.41. The highest BCUT2D eigenvalue weighted by molar-refractivity contribution is 6.34. The van der Waals surface area contributed by atoms with Crippen LogP contribution in [0, 0.1) is 0 Å². The molecule has 3 rings (SSSR count). The number of pyridine rings is 1. The van der Waals surface area contributed by atoms with E-state index in [0.717, 1.165) is 11.3 Å². The van der Waals surface area contributed by atoms with E-state index < -0.39 is 0 Å². The Hall–Kier alpha value is -1.75. The highest BCUT2D eigenvalue weighted by Crippen LogP contribution is 2.30. The average molecular weight is 308 g/mol. The van der Waals surface area contributed by atoms with Crippen LogP contribution in [-0.2, 0) is 6.54 Å². The Morgan fingerprint density at radius 2 is 1.90 bits per heavy atom. The van der Waals surface area contributed by atoms with Crippen LogP contribution in [0.3, 0.4) is 0 Å². The van der Waals surface area contributed by atoms with Crippen LogP contribution in [0.2, 0.25) is 10.0 Å². The SMILES string of the molecule is NCc1c(Oc2cc(Cl)cc(Cl)c2)nc2ccccn12. The van der Waals surface area contributed by atoms with Gasteiger partial charge in [-0.3, -0.25) is 4.40 Å². The minimum Gasteiger partial charge on any atom is -0.437 e. The fourth-order valence-corrected chi connectivity index (χ4v) is 2.50. The van der Waals surface area contributed by atoms with Crippen molar-refractivity contribution in [3.63, 3.8) is 0 Å². The van der Waals surface area contributed by atoms with E-state index in [2.05, 4.69) is 4.98 Å². The fourth-order valence-electron chi connectivity index (χ4n) is 1.99. The van der Waals surface area contributed by atoms with Gasteiger partial charge < -0.3 is 10.5 Å². The average Bonchev–Trinajstić information content (AvgIpc) is 2.74. The van der Waals surface area contributed by atoms with E-state index in [0.29, 0.717) is 28.2 Å². The summed E-state index contributed by atoms with van der Waals surface area (Å²) >= 11 is 11.9. The van der Waals surface area contributed by atoms with Gasteiger partial charge in [0.25, 0.3) is 0 Å². The number of nitrogens with zero attached hydrogens (tertiary/aromatic N) is 2. The van der Waals surface area contributed by atoms with E-state index in [9.17, 15) is 0 Å². The van der Waals surface area contributed by atoms with Crippen molar-refractivity contribution in [1.82, 2.24) is 9.38 Å². The number of hydrogen-bond acceptors (Lipinski definition) is 3. The van der Waals surface area contributed by atoms with E-state index in [1.165, 1.54) is 0 Å². The van der Waals surface area contributed by atoms with Crippen molar-refractivity contribution in [2.45, 2.75) is 6.54 Å². The first-order chi connectivity index (χ1) is 9.67. The first-order valence-corrected chi connectivity index (χ1v) is 6.73. The molecule has 0 fully saturated rings. The lowest BCUT2D eigenvalue weighted by Crippen LogP contribution is -2.02. The minimum atomic E-state index is 0.314. The zero-order valence-corrected chi connectivity index (χ0v) is 11.9. The van der Waals surface area contributed by atoms with Crippen LogP contribution in [0.25, 0.3) is 5.65 Å². The molecule has 0 aliphatic heterocycles. The molecule has 0 bridgehead atoms. The van der Waals surface area contributed by atoms with Gasteiger partial charge in [-0.05, 0) is 30.3 Å². The van der Waals surface area contributed by atoms with Crippen LogP contribution in [0.1, 0.15) is 5.69 Å². The Morgan fingerprint density at radius 1 is 1.15 bits per heavy atom. The van der Waals surface area contributed by atoms with E-state index in [1.807, 2.05) is 28.8 Å². The van der Waals surface area contributed by atoms with Gasteiger partial charge in [0.15, 0.2) is 0 Å². The molecule has 0 unspecified atom stereocenters. The number of aromatic nitrogens is 2. The van der Waals surface area contributed by atoms with E-state index in [-0.39, 0.29) is 0 Å². The number of ether oxygens (including phenoxy) is 1. The Labute approximate surface area is 125 Å². The molecule has 0 saturated heterocycles. The Morgan fingerprint density at radius 3 is 2.60 bits per heavy atom. The van der Waals surface area contributed by atoms with E-state index in [4.69, 9.17) is 33.7 Å². The minimum absolute atomic E-state index is 0.314. The van der Waals surface area contributed by atoms with Gasteiger partial charge >= 0.3 is 0 Å². The maximum absolute atomic E-state index is 5.95. The highest BCUT2D eigenvalue weighted by Gasteiger charge is 2.13. The van der Waals surface area contributed by atoms with Crippen molar-refractivity contribution in [1.29, 1.82) is 0 Å². The quantitative estimate of drug-likeness (QED) is 0.798. The molecule has 6 heteroatoms. The van der Waals surface area contributed by atoms with Crippen molar-refractivity contribution in [3.05, 3.63) is 58.3 Å². The number of fused-ring (bicyclic) bond motifs is 1. The first kappa shape index (κ1) is 13.2. The van der Waals surface area contributed by atoms with Gasteiger partial charge in [0.1, 0.15) is 17.1 Å². The van der Waals surface area contributed by atoms with E-state index in [1.54, 1.807) is 18.2 Å². The molecular formula is C14H11Cl2N3O. The third-order valence-electron chi connectivity index (χ3n) is 2.84. The molecule has 20 heavy (non-hydrogen) atoms. The molecule has 1 aromatic carbocycles. The number of imidazole rings is 1. The zero-order chi connectivity index (χ0) is 14.1. The van der Waals surface area contributed by atoms with Crippen molar-refractivity contribution < 1.29 is 4.74 Å². The van der Waals surface area contributed by atoms with Crippen LogP contribution in [0.4, 0.5) is 0 Å². The second-order valence-electron chi connectivity index (χ2n) is 4.20. The number of rotatable bonds is 3. The van der Waals surface area contributed by atoms with Gasteiger partial charge in [0.05, 0.1) is 0 Å². The Bertz CT molecular complexity index is 750. The maximum atomic E-state index is 5.95. The second-order valence-corrected chi connectivity index (χ2v) is 5.08. The van der Waals surface area contributed by atoms with Crippen LogP contribution in [0.5, 0.6) is 11.6 Å². The molecule has 0 aliphatic rings. The van der Waals surface area contributed by atoms with Gasteiger partial charge in [0.2, 0.25) is 5.88 Å². The standard InChI is InChI=1S/C14H11Cl2N3O/c15-9-5-10(16)7-11(6-9)20-14-12(8-17)19-4-2-1-3-13(19)18-14/h1-7H,8,17H2. The predicted octanol–water partition coefficient (Wildman–Crippen LogP) is 3.89. The van der Waals surface area contributed by atoms with Crippen molar-refractivity contribution >= 4 is 28.8 Å². The molecule has 3 aromatic rings. The third-order valence-corrected chi connectivity index (χ3v) is 3.27. The third kappa shape index (κ3) is 2.45. The summed E-state index contributed by atoms with van der Waals surface area (Å²) in [5.74, 6) is 0.984. The Balaban J connectivity index is 2.05. The summed E-state index contributed by atoms with van der Waals surface area (Å²) in [5.41, 5.74) is 7.34. The van der Waals surface area contributed by atoms with Gasteiger partial charge in [-0.25, -0.2) is 0 Å². The summed E-state index contributed by atoms with van der Waals surface area (Å²) in [6, 6.07) is 10.7. The van der Waals surface area contributed by atoms with Crippen LogP contribution >= 0.6 is 23.2 Å². The highest BCUT2D eigenvalue weighted by atomic mass is 35.5. The summed E-state index contributed by atoms with van der Waals surface area (Å²) < 4.78 is 7.66. The monoisotopic (exact) mass is 307 g/mol. The second kappa shape index (κ2) is 5.32. The maximum Gasteiger partial charge on any atom is 0.242 e. The summed E-state index contributed by atoms with van der Waals surface area (Å²) in [7, 11) is 0. The Kier molecular flexibility index (Phi) is 3.53.